The molecular formula is C13H13F3N2O. The van der Waals surface area contributed by atoms with E-state index in [9.17, 15) is 18.0 Å². The molecule has 102 valence electrons. The average Bonchev–Trinajstić information content (AvgIpc) is 2.32. The van der Waals surface area contributed by atoms with Crippen molar-refractivity contribution in [2.45, 2.75) is 31.9 Å². The Kier molecular flexibility index (Phi) is 4.93. The number of amides is 1. The van der Waals surface area contributed by atoms with Gasteiger partial charge in [0.15, 0.2) is 0 Å². The van der Waals surface area contributed by atoms with E-state index in [1.165, 1.54) is 12.1 Å². The van der Waals surface area contributed by atoms with Crippen LogP contribution in [-0.4, -0.2) is 5.91 Å². The molecule has 0 spiro atoms. The second-order valence-corrected chi connectivity index (χ2v) is 4.16. The molecule has 2 N–H and O–H groups in total. The lowest BCUT2D eigenvalue weighted by Crippen LogP contribution is -2.10. The fraction of sp³-hybridized carbons (Fsp3) is 0.385. The second-order valence-electron chi connectivity index (χ2n) is 4.16. The highest BCUT2D eigenvalue weighted by Gasteiger charge is 2.33. The first-order chi connectivity index (χ1) is 8.84. The Hall–Kier alpha value is -2.03. The van der Waals surface area contributed by atoms with Gasteiger partial charge in [-0.15, -0.1) is 0 Å². The summed E-state index contributed by atoms with van der Waals surface area (Å²) in [5.74, 6) is -0.398. The van der Waals surface area contributed by atoms with Crippen molar-refractivity contribution in [2.75, 3.05) is 0 Å². The van der Waals surface area contributed by atoms with Gasteiger partial charge in [0, 0.05) is 6.42 Å². The zero-order valence-electron chi connectivity index (χ0n) is 10.1. The predicted octanol–water partition coefficient (Wildman–Crippen LogP) is 2.78. The molecule has 0 unspecified atom stereocenters. The number of carbonyl (C=O) groups excluding carboxylic acids is 1. The molecule has 0 bridgehead atoms. The van der Waals surface area contributed by atoms with Gasteiger partial charge in [-0.05, 0) is 37.0 Å². The van der Waals surface area contributed by atoms with Gasteiger partial charge in [0.2, 0.25) is 5.91 Å². The molecule has 0 saturated heterocycles. The molecule has 3 nitrogen and oxygen atoms in total. The van der Waals surface area contributed by atoms with Crippen LogP contribution in [0, 0.1) is 11.3 Å². The first-order valence-corrected chi connectivity index (χ1v) is 5.73. The summed E-state index contributed by atoms with van der Waals surface area (Å²) in [7, 11) is 0. The number of hydrogen-bond donors (Lipinski definition) is 1. The monoisotopic (exact) mass is 270 g/mol. The van der Waals surface area contributed by atoms with Crippen LogP contribution in [0.3, 0.4) is 0 Å². The van der Waals surface area contributed by atoms with Crippen LogP contribution in [0.15, 0.2) is 18.2 Å². The van der Waals surface area contributed by atoms with Crippen LogP contribution in [0.5, 0.6) is 0 Å². The number of nitrogens with zero attached hydrogens (tertiary/aromatic N) is 1. The van der Waals surface area contributed by atoms with Crippen LogP contribution in [0.25, 0.3) is 0 Å². The number of nitriles is 1. The van der Waals surface area contributed by atoms with Gasteiger partial charge < -0.3 is 5.73 Å². The summed E-state index contributed by atoms with van der Waals surface area (Å²) < 4.78 is 37.7. The van der Waals surface area contributed by atoms with Crippen molar-refractivity contribution in [2.24, 2.45) is 5.73 Å². The molecule has 19 heavy (non-hydrogen) atoms. The molecule has 0 aliphatic heterocycles. The normalized spacial score (nSPS) is 11.1. The zero-order valence-corrected chi connectivity index (χ0v) is 10.1. The number of aryl methyl sites for hydroxylation is 1. The molecule has 1 rings (SSSR count). The SMILES string of the molecule is N#Cc1cc(CCCCC(N)=O)ccc1C(F)(F)F. The first kappa shape index (κ1) is 15.0. The summed E-state index contributed by atoms with van der Waals surface area (Å²) >= 11 is 0. The Balaban J connectivity index is 2.73. The topological polar surface area (TPSA) is 66.9 Å². The molecular weight excluding hydrogens is 257 g/mol. The van der Waals surface area contributed by atoms with E-state index in [0.717, 1.165) is 6.07 Å². The number of carbonyl (C=O) groups is 1. The Morgan fingerprint density at radius 2 is 2.00 bits per heavy atom. The summed E-state index contributed by atoms with van der Waals surface area (Å²) in [4.78, 5) is 10.5. The van der Waals surface area contributed by atoms with Crippen LogP contribution in [0.1, 0.15) is 36.0 Å². The van der Waals surface area contributed by atoms with Gasteiger partial charge in [0.25, 0.3) is 0 Å². The first-order valence-electron chi connectivity index (χ1n) is 5.73. The fourth-order valence-electron chi connectivity index (χ4n) is 1.71. The molecule has 0 heterocycles. The lowest BCUT2D eigenvalue weighted by Gasteiger charge is -2.10. The highest BCUT2D eigenvalue weighted by Crippen LogP contribution is 2.32. The number of rotatable bonds is 5. The average molecular weight is 270 g/mol. The lowest BCUT2D eigenvalue weighted by atomic mass is 10.0. The zero-order chi connectivity index (χ0) is 14.5. The van der Waals surface area contributed by atoms with Crippen molar-refractivity contribution < 1.29 is 18.0 Å². The number of benzene rings is 1. The van der Waals surface area contributed by atoms with Gasteiger partial charge in [-0.3, -0.25) is 4.79 Å². The fourth-order valence-corrected chi connectivity index (χ4v) is 1.71. The maximum Gasteiger partial charge on any atom is 0.417 e. The molecule has 0 radical (unpaired) electrons. The summed E-state index contributed by atoms with van der Waals surface area (Å²) in [6.07, 6.45) is -2.53. The number of halogens is 3. The Morgan fingerprint density at radius 1 is 1.32 bits per heavy atom. The third-order valence-electron chi connectivity index (χ3n) is 2.65. The summed E-state index contributed by atoms with van der Waals surface area (Å²) in [6, 6.07) is 5.07. The Labute approximate surface area is 108 Å². The van der Waals surface area contributed by atoms with E-state index in [1.807, 2.05) is 0 Å². The Bertz CT molecular complexity index is 504. The van der Waals surface area contributed by atoms with Crippen molar-refractivity contribution in [1.82, 2.24) is 0 Å². The minimum Gasteiger partial charge on any atom is -0.370 e. The van der Waals surface area contributed by atoms with Crippen molar-refractivity contribution in [3.8, 4) is 6.07 Å². The third kappa shape index (κ3) is 4.62. The molecule has 0 atom stereocenters. The van der Waals surface area contributed by atoms with Gasteiger partial charge in [-0.2, -0.15) is 18.4 Å². The van der Waals surface area contributed by atoms with E-state index in [1.54, 1.807) is 6.07 Å². The predicted molar refractivity (Wildman–Crippen MR) is 62.9 cm³/mol. The van der Waals surface area contributed by atoms with Gasteiger partial charge in [-0.1, -0.05) is 6.07 Å². The lowest BCUT2D eigenvalue weighted by molar-refractivity contribution is -0.137. The van der Waals surface area contributed by atoms with Crippen molar-refractivity contribution in [3.63, 3.8) is 0 Å². The minimum absolute atomic E-state index is 0.256. The van der Waals surface area contributed by atoms with Gasteiger partial charge in [-0.25, -0.2) is 0 Å². The number of primary amides is 1. The van der Waals surface area contributed by atoms with E-state index in [-0.39, 0.29) is 12.0 Å². The van der Waals surface area contributed by atoms with E-state index >= 15 is 0 Å². The van der Waals surface area contributed by atoms with E-state index in [4.69, 9.17) is 11.0 Å². The highest BCUT2D eigenvalue weighted by molar-refractivity contribution is 5.73. The van der Waals surface area contributed by atoms with E-state index in [2.05, 4.69) is 0 Å². The molecule has 1 aromatic rings. The quantitative estimate of drug-likeness (QED) is 0.836. The largest absolute Gasteiger partial charge is 0.417 e. The summed E-state index contributed by atoms with van der Waals surface area (Å²) in [5, 5.41) is 8.74. The van der Waals surface area contributed by atoms with E-state index in [0.29, 0.717) is 24.8 Å². The molecule has 6 heteroatoms. The van der Waals surface area contributed by atoms with Crippen LogP contribution >= 0.6 is 0 Å². The molecule has 1 amide bonds. The molecule has 1 aromatic carbocycles. The standard InChI is InChI=1S/C13H13F3N2O/c14-13(15,16)11-6-5-9(7-10(11)8-17)3-1-2-4-12(18)19/h5-7H,1-4H2,(H2,18,19). The summed E-state index contributed by atoms with van der Waals surface area (Å²) in [6.45, 7) is 0. The Morgan fingerprint density at radius 3 is 2.53 bits per heavy atom. The van der Waals surface area contributed by atoms with Gasteiger partial charge >= 0.3 is 6.18 Å². The van der Waals surface area contributed by atoms with Crippen molar-refractivity contribution >= 4 is 5.91 Å². The van der Waals surface area contributed by atoms with Crippen LogP contribution in [0.4, 0.5) is 13.2 Å². The second kappa shape index (κ2) is 6.23. The van der Waals surface area contributed by atoms with Crippen LogP contribution < -0.4 is 5.73 Å². The van der Waals surface area contributed by atoms with Crippen molar-refractivity contribution in [1.29, 1.82) is 5.26 Å². The number of nitrogens with two attached hydrogens (primary N) is 1. The smallest absolute Gasteiger partial charge is 0.370 e. The minimum atomic E-state index is -4.52. The van der Waals surface area contributed by atoms with Crippen LogP contribution in [0.2, 0.25) is 0 Å². The summed E-state index contributed by atoms with van der Waals surface area (Å²) in [5.41, 5.74) is 4.33. The molecule has 0 aromatic heterocycles. The van der Waals surface area contributed by atoms with Gasteiger partial charge in [0.05, 0.1) is 17.2 Å². The number of alkyl halides is 3. The molecule has 0 aliphatic carbocycles. The van der Waals surface area contributed by atoms with E-state index < -0.39 is 17.6 Å². The maximum atomic E-state index is 12.6. The highest BCUT2D eigenvalue weighted by atomic mass is 19.4. The van der Waals surface area contributed by atoms with Crippen LogP contribution in [-0.2, 0) is 17.4 Å². The number of unbranched alkanes of at least 4 members (excludes halogenated alkanes) is 1. The number of hydrogen-bond acceptors (Lipinski definition) is 2. The van der Waals surface area contributed by atoms with Gasteiger partial charge in [0.1, 0.15) is 0 Å². The molecule has 0 aliphatic rings. The molecule has 0 saturated carbocycles. The van der Waals surface area contributed by atoms with Crippen molar-refractivity contribution in [3.05, 3.63) is 34.9 Å². The third-order valence-corrected chi connectivity index (χ3v) is 2.65. The maximum absolute atomic E-state index is 12.6. The molecule has 0 fully saturated rings.